The normalized spacial score (nSPS) is 19.4. The summed E-state index contributed by atoms with van der Waals surface area (Å²) in [6.45, 7) is 4.85. The average Bonchev–Trinajstić information content (AvgIpc) is 3.43. The lowest BCUT2D eigenvalue weighted by Gasteiger charge is -2.42. The predicted molar refractivity (Wildman–Crippen MR) is 163 cm³/mol. The highest BCUT2D eigenvalue weighted by Crippen LogP contribution is 2.58. The number of halogens is 2. The molecule has 236 valence electrons. The molecule has 3 N–H and O–H groups in total. The van der Waals surface area contributed by atoms with E-state index in [9.17, 15) is 33.0 Å². The van der Waals surface area contributed by atoms with Crippen molar-refractivity contribution in [2.24, 2.45) is 0 Å². The number of rotatable bonds is 7. The zero-order valence-electron chi connectivity index (χ0n) is 24.8. The van der Waals surface area contributed by atoms with Crippen molar-refractivity contribution >= 4 is 28.2 Å². The second-order valence-electron chi connectivity index (χ2n) is 11.6. The summed E-state index contributed by atoms with van der Waals surface area (Å²) in [6, 6.07) is 10.8. The number of hydrogen-bond donors (Lipinski definition) is 3. The standard InChI is InChI=1S/C31H33F2N7O4S/c1-18-6-7-21(25(13-27(41)42)24-8-10-40-29(19(24)2)36-37-31(40)28(32)33)12-22(18)16-38-17-23-5-3-4-9-39(23)30-26(45(38,43)44)11-20(14-34)15-35-30/h6-8,10-12,15,23,25,28,43-44H,3-5,9,13,16-17H2,1-2H3,(H,41,42). The number of aromatic nitrogens is 4. The molecule has 2 aliphatic rings. The molecule has 1 fully saturated rings. The van der Waals surface area contributed by atoms with Gasteiger partial charge in [-0.15, -0.1) is 21.0 Å². The van der Waals surface area contributed by atoms with Crippen molar-refractivity contribution < 1.29 is 27.8 Å². The first-order chi connectivity index (χ1) is 21.5. The van der Waals surface area contributed by atoms with Gasteiger partial charge in [-0.2, -0.15) is 9.57 Å². The zero-order valence-corrected chi connectivity index (χ0v) is 25.6. The van der Waals surface area contributed by atoms with Gasteiger partial charge in [-0.25, -0.2) is 13.8 Å². The summed E-state index contributed by atoms with van der Waals surface area (Å²) in [4.78, 5) is 18.9. The van der Waals surface area contributed by atoms with Gasteiger partial charge in [0.05, 0.1) is 12.0 Å². The fourth-order valence-corrected chi connectivity index (χ4v) is 8.19. The van der Waals surface area contributed by atoms with E-state index in [1.54, 1.807) is 17.3 Å². The van der Waals surface area contributed by atoms with Crippen molar-refractivity contribution in [3.05, 3.63) is 81.9 Å². The highest BCUT2D eigenvalue weighted by atomic mass is 32.3. The first-order valence-corrected chi connectivity index (χ1v) is 16.1. The fourth-order valence-electron chi connectivity index (χ4n) is 6.51. The molecule has 1 aromatic carbocycles. The molecule has 5 heterocycles. The van der Waals surface area contributed by atoms with Crippen LogP contribution >= 0.6 is 10.8 Å². The number of nitriles is 1. The first kappa shape index (κ1) is 30.8. The number of anilines is 1. The van der Waals surface area contributed by atoms with Gasteiger partial charge in [-0.1, -0.05) is 18.2 Å². The van der Waals surface area contributed by atoms with Crippen molar-refractivity contribution in [1.82, 2.24) is 23.9 Å². The molecule has 4 aromatic rings. The lowest BCUT2D eigenvalue weighted by molar-refractivity contribution is -0.137. The van der Waals surface area contributed by atoms with Gasteiger partial charge in [0.15, 0.2) is 11.5 Å². The van der Waals surface area contributed by atoms with Crippen LogP contribution in [-0.4, -0.2) is 63.2 Å². The Morgan fingerprint density at radius 1 is 1.18 bits per heavy atom. The van der Waals surface area contributed by atoms with Crippen LogP contribution < -0.4 is 4.90 Å². The van der Waals surface area contributed by atoms with Gasteiger partial charge in [-0.05, 0) is 73.1 Å². The highest BCUT2D eigenvalue weighted by molar-refractivity contribution is 8.22. The second-order valence-corrected chi connectivity index (χ2v) is 13.6. The topological polar surface area (TPSA) is 151 Å². The van der Waals surface area contributed by atoms with Gasteiger partial charge in [0.25, 0.3) is 6.43 Å². The molecule has 1 saturated heterocycles. The van der Waals surface area contributed by atoms with Crippen LogP contribution in [0.1, 0.15) is 77.2 Å². The van der Waals surface area contributed by atoms with Gasteiger partial charge in [0, 0.05) is 44.0 Å². The summed E-state index contributed by atoms with van der Waals surface area (Å²) in [5.41, 5.74) is 3.96. The third-order valence-corrected chi connectivity index (χ3v) is 10.8. The quantitative estimate of drug-likeness (QED) is 0.218. The van der Waals surface area contributed by atoms with Crippen LogP contribution in [0.3, 0.4) is 0 Å². The lowest BCUT2D eigenvalue weighted by Crippen LogP contribution is -2.45. The van der Waals surface area contributed by atoms with E-state index >= 15 is 0 Å². The molecule has 0 saturated carbocycles. The molecule has 0 spiro atoms. The second kappa shape index (κ2) is 12.0. The van der Waals surface area contributed by atoms with E-state index in [0.29, 0.717) is 29.1 Å². The molecule has 14 heteroatoms. The minimum atomic E-state index is -3.56. The zero-order chi connectivity index (χ0) is 32.0. The SMILES string of the molecule is Cc1ccc(C(CC(=O)O)c2ccn3c(C(F)F)nnc3c2C)cc1CN1CC2CCCCN2c2ncc(C#N)cc2S1(O)O. The summed E-state index contributed by atoms with van der Waals surface area (Å²) in [5, 5.41) is 27.0. The van der Waals surface area contributed by atoms with Gasteiger partial charge < -0.3 is 10.0 Å². The van der Waals surface area contributed by atoms with Gasteiger partial charge in [0.1, 0.15) is 11.0 Å². The molecule has 6 rings (SSSR count). The molecule has 2 aliphatic heterocycles. The number of pyridine rings is 2. The van der Waals surface area contributed by atoms with E-state index in [1.807, 2.05) is 25.1 Å². The average molecular weight is 638 g/mol. The Hall–Kier alpha value is -4.16. The van der Waals surface area contributed by atoms with Crippen LogP contribution in [0.4, 0.5) is 14.6 Å². The number of benzene rings is 1. The molecular formula is C31H33F2N7O4S. The number of carbonyl (C=O) groups is 1. The number of aliphatic carboxylic acids is 1. The van der Waals surface area contributed by atoms with E-state index in [-0.39, 0.29) is 35.1 Å². The number of aryl methyl sites for hydroxylation is 2. The van der Waals surface area contributed by atoms with Gasteiger partial charge in [-0.3, -0.25) is 18.3 Å². The lowest BCUT2D eigenvalue weighted by atomic mass is 9.85. The Morgan fingerprint density at radius 2 is 1.98 bits per heavy atom. The molecule has 0 radical (unpaired) electrons. The van der Waals surface area contributed by atoms with Crippen molar-refractivity contribution in [3.63, 3.8) is 0 Å². The summed E-state index contributed by atoms with van der Waals surface area (Å²) in [6.07, 6.45) is 2.62. The molecule has 2 unspecified atom stereocenters. The van der Waals surface area contributed by atoms with Crippen molar-refractivity contribution in [2.75, 3.05) is 18.0 Å². The van der Waals surface area contributed by atoms with E-state index < -0.39 is 34.9 Å². The Balaban J connectivity index is 1.40. The van der Waals surface area contributed by atoms with Crippen molar-refractivity contribution in [2.45, 2.75) is 69.4 Å². The Bertz CT molecular complexity index is 1830. The maximum absolute atomic E-state index is 13.5. The van der Waals surface area contributed by atoms with Crippen LogP contribution in [0.15, 0.2) is 47.6 Å². The number of fused-ring (bicyclic) bond motifs is 4. The third-order valence-electron chi connectivity index (χ3n) is 8.90. The summed E-state index contributed by atoms with van der Waals surface area (Å²) < 4.78 is 53.4. The molecule has 0 amide bonds. The van der Waals surface area contributed by atoms with Gasteiger partial charge >= 0.3 is 5.97 Å². The molecule has 0 bridgehead atoms. The number of piperidine rings is 1. The number of alkyl halides is 2. The Labute approximate surface area is 260 Å². The predicted octanol–water partition coefficient (Wildman–Crippen LogP) is 6.06. The monoisotopic (exact) mass is 637 g/mol. The van der Waals surface area contributed by atoms with E-state index in [0.717, 1.165) is 36.9 Å². The van der Waals surface area contributed by atoms with Crippen LogP contribution in [0.2, 0.25) is 0 Å². The number of nitrogens with zero attached hydrogens (tertiary/aromatic N) is 7. The smallest absolute Gasteiger partial charge is 0.304 e. The summed E-state index contributed by atoms with van der Waals surface area (Å²) in [5.74, 6) is -1.67. The summed E-state index contributed by atoms with van der Waals surface area (Å²) >= 11 is 0. The van der Waals surface area contributed by atoms with Gasteiger partial charge in [0.2, 0.25) is 5.82 Å². The Morgan fingerprint density at radius 3 is 2.71 bits per heavy atom. The number of hydrogen-bond acceptors (Lipinski definition) is 9. The fraction of sp³-hybridized carbons (Fsp3) is 0.387. The van der Waals surface area contributed by atoms with E-state index in [2.05, 4.69) is 26.2 Å². The van der Waals surface area contributed by atoms with Crippen LogP contribution in [0.25, 0.3) is 5.65 Å². The van der Waals surface area contributed by atoms with Crippen molar-refractivity contribution in [1.29, 1.82) is 5.26 Å². The Kier molecular flexibility index (Phi) is 8.21. The van der Waals surface area contributed by atoms with Crippen LogP contribution in [0, 0.1) is 25.2 Å². The third kappa shape index (κ3) is 5.61. The van der Waals surface area contributed by atoms with E-state index in [1.165, 1.54) is 22.9 Å². The van der Waals surface area contributed by atoms with E-state index in [4.69, 9.17) is 0 Å². The van der Waals surface area contributed by atoms with Crippen LogP contribution in [0.5, 0.6) is 0 Å². The minimum Gasteiger partial charge on any atom is -0.481 e. The molecule has 2 atom stereocenters. The number of carboxylic acids is 1. The highest BCUT2D eigenvalue weighted by Gasteiger charge is 2.40. The maximum Gasteiger partial charge on any atom is 0.304 e. The maximum atomic E-state index is 13.5. The molecule has 11 nitrogen and oxygen atoms in total. The summed E-state index contributed by atoms with van der Waals surface area (Å²) in [7, 11) is -3.56. The van der Waals surface area contributed by atoms with Crippen LogP contribution in [-0.2, 0) is 11.3 Å². The first-order valence-electron chi connectivity index (χ1n) is 14.6. The van der Waals surface area contributed by atoms with Crippen molar-refractivity contribution in [3.8, 4) is 6.07 Å². The molecule has 0 aliphatic carbocycles. The minimum absolute atomic E-state index is 0.00878. The number of carboxylic acid groups (broad SMARTS) is 1. The molecule has 45 heavy (non-hydrogen) atoms. The molecular weight excluding hydrogens is 604 g/mol. The largest absolute Gasteiger partial charge is 0.481 e. The molecule has 3 aromatic heterocycles.